The first kappa shape index (κ1) is 20.7. The number of para-hydroxylation sites is 2. The van der Waals surface area contributed by atoms with Crippen molar-refractivity contribution in [3.8, 4) is 11.4 Å². The number of rotatable bonds is 5. The average Bonchev–Trinajstić information content (AvgIpc) is 3.54. The van der Waals surface area contributed by atoms with Gasteiger partial charge in [0.1, 0.15) is 5.54 Å². The summed E-state index contributed by atoms with van der Waals surface area (Å²) in [5, 5.41) is 12.0. The Balaban J connectivity index is 1.46. The summed E-state index contributed by atoms with van der Waals surface area (Å²) in [7, 11) is 0. The van der Waals surface area contributed by atoms with Crippen LogP contribution in [0.5, 0.6) is 0 Å². The molecule has 1 N–H and O–H groups in total. The summed E-state index contributed by atoms with van der Waals surface area (Å²) >= 11 is 1.38. The largest absolute Gasteiger partial charge is 0.322 e. The fraction of sp³-hybridized carbons (Fsp3) is 0.348. The van der Waals surface area contributed by atoms with Gasteiger partial charge < -0.3 is 5.32 Å². The summed E-state index contributed by atoms with van der Waals surface area (Å²) in [4.78, 5) is 32.1. The van der Waals surface area contributed by atoms with Crippen molar-refractivity contribution < 1.29 is 9.59 Å². The summed E-state index contributed by atoms with van der Waals surface area (Å²) < 4.78 is 2.13. The molecule has 0 unspecified atom stereocenters. The molecule has 8 nitrogen and oxygen atoms in total. The predicted octanol–water partition coefficient (Wildman–Crippen LogP) is 3.92. The minimum atomic E-state index is -1.01. The molecule has 3 aromatic rings. The molecule has 3 heterocycles. The lowest BCUT2D eigenvalue weighted by Gasteiger charge is -2.43. The molecule has 1 aliphatic carbocycles. The number of aromatic nitrogens is 4. The van der Waals surface area contributed by atoms with E-state index in [-0.39, 0.29) is 11.8 Å². The molecule has 164 valence electrons. The minimum absolute atomic E-state index is 0.141. The zero-order valence-corrected chi connectivity index (χ0v) is 19.0. The lowest BCUT2D eigenvalue weighted by atomic mass is 9.96. The summed E-state index contributed by atoms with van der Waals surface area (Å²) in [5.74, 6) is 0.445. The van der Waals surface area contributed by atoms with Gasteiger partial charge in [-0.05, 0) is 57.9 Å². The second kappa shape index (κ2) is 7.74. The van der Waals surface area contributed by atoms with E-state index in [4.69, 9.17) is 0 Å². The van der Waals surface area contributed by atoms with Crippen molar-refractivity contribution in [1.82, 2.24) is 19.7 Å². The smallest absolute Gasteiger partial charge is 0.250 e. The first-order valence-electron chi connectivity index (χ1n) is 10.6. The van der Waals surface area contributed by atoms with Crippen molar-refractivity contribution in [1.29, 1.82) is 0 Å². The highest BCUT2D eigenvalue weighted by Crippen LogP contribution is 2.43. The maximum Gasteiger partial charge on any atom is 0.250 e. The maximum atomic E-state index is 13.7. The Kier molecular flexibility index (Phi) is 5.00. The average molecular weight is 449 g/mol. The monoisotopic (exact) mass is 448 g/mol. The third-order valence-corrected chi connectivity index (χ3v) is 6.92. The number of hydrogen-bond acceptors (Lipinski definition) is 6. The zero-order chi connectivity index (χ0) is 22.5. The topological polar surface area (TPSA) is 93.0 Å². The number of amides is 2. The molecule has 1 fully saturated rings. The molecule has 9 heteroatoms. The van der Waals surface area contributed by atoms with E-state index in [0.29, 0.717) is 22.6 Å². The number of carbonyl (C=O) groups excluding carboxylic acids is 2. The van der Waals surface area contributed by atoms with E-state index in [9.17, 15) is 9.59 Å². The Morgan fingerprint density at radius 3 is 2.59 bits per heavy atom. The van der Waals surface area contributed by atoms with Crippen molar-refractivity contribution >= 4 is 35.0 Å². The van der Waals surface area contributed by atoms with Crippen LogP contribution in [0.2, 0.25) is 0 Å². The summed E-state index contributed by atoms with van der Waals surface area (Å²) in [6, 6.07) is 11.6. The Bertz CT molecular complexity index is 1190. The van der Waals surface area contributed by atoms with Gasteiger partial charge >= 0.3 is 0 Å². The van der Waals surface area contributed by atoms with Gasteiger partial charge in [0.05, 0.1) is 16.6 Å². The van der Waals surface area contributed by atoms with E-state index in [1.165, 1.54) is 11.8 Å². The predicted molar refractivity (Wildman–Crippen MR) is 123 cm³/mol. The number of benzene rings is 1. The van der Waals surface area contributed by atoms with Gasteiger partial charge in [-0.1, -0.05) is 23.9 Å². The van der Waals surface area contributed by atoms with Crippen LogP contribution < -0.4 is 10.2 Å². The van der Waals surface area contributed by atoms with Gasteiger partial charge in [-0.3, -0.25) is 24.0 Å². The highest BCUT2D eigenvalue weighted by Gasteiger charge is 2.45. The summed E-state index contributed by atoms with van der Waals surface area (Å²) in [5.41, 5.74) is 1.29. The number of thioether (sulfide) groups is 1. The van der Waals surface area contributed by atoms with Gasteiger partial charge in [0, 0.05) is 24.0 Å². The fourth-order valence-electron chi connectivity index (χ4n) is 3.95. The summed E-state index contributed by atoms with van der Waals surface area (Å²) in [6.45, 7) is 5.39. The van der Waals surface area contributed by atoms with Crippen LogP contribution >= 0.6 is 11.8 Å². The molecule has 32 heavy (non-hydrogen) atoms. The molecule has 2 aromatic heterocycles. The lowest BCUT2D eigenvalue weighted by Crippen LogP contribution is -2.60. The van der Waals surface area contributed by atoms with Crippen molar-refractivity contribution in [3.05, 3.63) is 48.8 Å². The van der Waals surface area contributed by atoms with Crippen LogP contribution in [-0.2, 0) is 9.59 Å². The number of anilines is 2. The first-order valence-corrected chi connectivity index (χ1v) is 11.5. The second-order valence-corrected chi connectivity index (χ2v) is 9.92. The summed E-state index contributed by atoms with van der Waals surface area (Å²) in [6.07, 6.45) is 5.61. The van der Waals surface area contributed by atoms with E-state index >= 15 is 0 Å². The van der Waals surface area contributed by atoms with Gasteiger partial charge in [0.15, 0.2) is 11.0 Å². The van der Waals surface area contributed by atoms with Gasteiger partial charge in [-0.2, -0.15) is 0 Å². The molecule has 2 aliphatic rings. The standard InChI is InChI=1S/C23H24N6O2S/c1-14(20(30)29-18-7-5-4-6-17(18)25-21(31)23(29,2)3)32-22-27-26-19(28(22)16-8-9-16)15-10-12-24-13-11-15/h4-7,10-14,16H,8-9H2,1-3H3,(H,25,31)/t14-/m1/s1. The quantitative estimate of drug-likeness (QED) is 0.595. The molecule has 0 radical (unpaired) electrons. The van der Waals surface area contributed by atoms with Crippen molar-refractivity contribution in [3.63, 3.8) is 0 Å². The molecule has 0 bridgehead atoms. The number of nitrogens with zero attached hydrogens (tertiary/aromatic N) is 5. The molecule has 1 aromatic carbocycles. The van der Waals surface area contributed by atoms with Crippen molar-refractivity contribution in [2.24, 2.45) is 0 Å². The fourth-order valence-corrected chi connectivity index (χ4v) is 4.91. The maximum absolute atomic E-state index is 13.7. The van der Waals surface area contributed by atoms with Gasteiger partial charge in [-0.15, -0.1) is 10.2 Å². The molecule has 0 spiro atoms. The molecule has 1 saturated carbocycles. The first-order chi connectivity index (χ1) is 15.4. The Hall–Kier alpha value is -3.20. The number of fused-ring (bicyclic) bond motifs is 1. The highest BCUT2D eigenvalue weighted by molar-refractivity contribution is 8.00. The Morgan fingerprint density at radius 2 is 1.88 bits per heavy atom. The molecular formula is C23H24N6O2S. The number of pyridine rings is 1. The van der Waals surface area contributed by atoms with Gasteiger partial charge in [0.2, 0.25) is 11.8 Å². The Labute approximate surface area is 190 Å². The van der Waals surface area contributed by atoms with Crippen LogP contribution in [0.25, 0.3) is 11.4 Å². The second-order valence-electron chi connectivity index (χ2n) is 8.61. The van der Waals surface area contributed by atoms with E-state index in [0.717, 1.165) is 24.2 Å². The van der Waals surface area contributed by atoms with E-state index in [2.05, 4.69) is 25.1 Å². The van der Waals surface area contributed by atoms with Crippen LogP contribution in [0, 0.1) is 0 Å². The van der Waals surface area contributed by atoms with E-state index < -0.39 is 10.8 Å². The third-order valence-electron chi connectivity index (χ3n) is 5.87. The van der Waals surface area contributed by atoms with Crippen molar-refractivity contribution in [2.75, 3.05) is 10.2 Å². The molecule has 1 atom stereocenters. The minimum Gasteiger partial charge on any atom is -0.322 e. The zero-order valence-electron chi connectivity index (χ0n) is 18.1. The van der Waals surface area contributed by atoms with E-state index in [1.54, 1.807) is 31.1 Å². The lowest BCUT2D eigenvalue weighted by molar-refractivity contribution is -0.126. The Morgan fingerprint density at radius 1 is 1.16 bits per heavy atom. The highest BCUT2D eigenvalue weighted by atomic mass is 32.2. The molecule has 0 saturated heterocycles. The number of nitrogens with one attached hydrogen (secondary N) is 1. The van der Waals surface area contributed by atoms with Crippen LogP contribution in [0.3, 0.4) is 0 Å². The third kappa shape index (κ3) is 3.46. The molecular weight excluding hydrogens is 424 g/mol. The van der Waals surface area contributed by atoms with Gasteiger partial charge in [-0.25, -0.2) is 0 Å². The SMILES string of the molecule is C[C@@H](Sc1nnc(-c2ccncc2)n1C1CC1)C(=O)N1c2ccccc2NC(=O)C1(C)C. The van der Waals surface area contributed by atoms with Crippen LogP contribution in [0.15, 0.2) is 53.9 Å². The van der Waals surface area contributed by atoms with Gasteiger partial charge in [0.25, 0.3) is 0 Å². The number of carbonyl (C=O) groups is 2. The normalized spacial score (nSPS) is 18.1. The van der Waals surface area contributed by atoms with Crippen LogP contribution in [0.1, 0.15) is 39.7 Å². The molecule has 5 rings (SSSR count). The van der Waals surface area contributed by atoms with Crippen LogP contribution in [-0.4, -0.2) is 42.4 Å². The van der Waals surface area contributed by atoms with Crippen molar-refractivity contribution in [2.45, 2.75) is 55.6 Å². The van der Waals surface area contributed by atoms with E-state index in [1.807, 2.05) is 43.3 Å². The van der Waals surface area contributed by atoms with Crippen LogP contribution in [0.4, 0.5) is 11.4 Å². The number of hydrogen-bond donors (Lipinski definition) is 1. The molecule has 2 amide bonds. The molecule has 1 aliphatic heterocycles.